The standard InChI is InChI=1S/C11H11N3O3S2/c12-4-1-2-6-19(15,16)8-10-13-11(14-17-10)9-3-5-18-7-9/h3,5,7H,1-2,6,8H2. The number of nitriles is 1. The summed E-state index contributed by atoms with van der Waals surface area (Å²) in [5, 5.41) is 15.9. The maximum atomic E-state index is 11.7. The van der Waals surface area contributed by atoms with Gasteiger partial charge in [0.15, 0.2) is 9.84 Å². The molecular formula is C11H11N3O3S2. The van der Waals surface area contributed by atoms with Crippen molar-refractivity contribution in [3.8, 4) is 17.5 Å². The number of unbranched alkanes of at least 4 members (excludes halogenated alkanes) is 1. The van der Waals surface area contributed by atoms with Crippen LogP contribution >= 0.6 is 11.3 Å². The van der Waals surface area contributed by atoms with Crippen LogP contribution in [0.5, 0.6) is 0 Å². The van der Waals surface area contributed by atoms with Crippen LogP contribution in [0.3, 0.4) is 0 Å². The van der Waals surface area contributed by atoms with Gasteiger partial charge in [-0.15, -0.1) is 0 Å². The van der Waals surface area contributed by atoms with Crippen LogP contribution in [0.2, 0.25) is 0 Å². The highest BCUT2D eigenvalue weighted by atomic mass is 32.2. The highest BCUT2D eigenvalue weighted by Crippen LogP contribution is 2.19. The van der Waals surface area contributed by atoms with Crippen molar-refractivity contribution in [3.05, 3.63) is 22.7 Å². The molecule has 0 spiro atoms. The Morgan fingerprint density at radius 2 is 2.32 bits per heavy atom. The first kappa shape index (κ1) is 13.7. The van der Waals surface area contributed by atoms with Crippen LogP contribution in [0.1, 0.15) is 18.7 Å². The Morgan fingerprint density at radius 1 is 1.47 bits per heavy atom. The van der Waals surface area contributed by atoms with Crippen molar-refractivity contribution in [2.75, 3.05) is 5.75 Å². The summed E-state index contributed by atoms with van der Waals surface area (Å²) in [7, 11) is -3.31. The van der Waals surface area contributed by atoms with Crippen LogP contribution in [0.15, 0.2) is 21.3 Å². The predicted octanol–water partition coefficient (Wildman–Crippen LogP) is 2.02. The van der Waals surface area contributed by atoms with Crippen molar-refractivity contribution in [1.29, 1.82) is 5.26 Å². The molecule has 0 aliphatic heterocycles. The van der Waals surface area contributed by atoms with E-state index in [1.54, 1.807) is 0 Å². The fraction of sp³-hybridized carbons (Fsp3) is 0.364. The minimum atomic E-state index is -3.31. The number of hydrogen-bond donors (Lipinski definition) is 0. The minimum Gasteiger partial charge on any atom is -0.338 e. The molecule has 0 saturated carbocycles. The van der Waals surface area contributed by atoms with Gasteiger partial charge in [0.05, 0.1) is 11.8 Å². The molecule has 0 N–H and O–H groups in total. The number of rotatable bonds is 6. The molecule has 0 aromatic carbocycles. The van der Waals surface area contributed by atoms with E-state index in [2.05, 4.69) is 10.1 Å². The molecule has 19 heavy (non-hydrogen) atoms. The summed E-state index contributed by atoms with van der Waals surface area (Å²) in [6, 6.07) is 3.75. The maximum Gasteiger partial charge on any atom is 0.242 e. The summed E-state index contributed by atoms with van der Waals surface area (Å²) in [5.41, 5.74) is 0.807. The predicted molar refractivity (Wildman–Crippen MR) is 69.9 cm³/mol. The molecule has 2 heterocycles. The first-order valence-electron chi connectivity index (χ1n) is 5.53. The van der Waals surface area contributed by atoms with Crippen LogP contribution in [0.25, 0.3) is 11.4 Å². The lowest BCUT2D eigenvalue weighted by Crippen LogP contribution is -2.09. The van der Waals surface area contributed by atoms with Gasteiger partial charge >= 0.3 is 0 Å². The van der Waals surface area contributed by atoms with Crippen molar-refractivity contribution in [1.82, 2.24) is 10.1 Å². The second-order valence-electron chi connectivity index (χ2n) is 3.88. The number of hydrogen-bond acceptors (Lipinski definition) is 7. The smallest absolute Gasteiger partial charge is 0.242 e. The number of sulfone groups is 1. The van der Waals surface area contributed by atoms with Crippen molar-refractivity contribution in [3.63, 3.8) is 0 Å². The second-order valence-corrected chi connectivity index (χ2v) is 6.84. The monoisotopic (exact) mass is 297 g/mol. The number of nitrogens with zero attached hydrogens (tertiary/aromatic N) is 3. The second kappa shape index (κ2) is 5.95. The normalized spacial score (nSPS) is 11.3. The van der Waals surface area contributed by atoms with Gasteiger partial charge < -0.3 is 4.52 Å². The summed E-state index contributed by atoms with van der Waals surface area (Å²) < 4.78 is 28.4. The minimum absolute atomic E-state index is 0.0449. The van der Waals surface area contributed by atoms with E-state index < -0.39 is 9.84 Å². The fourth-order valence-electron chi connectivity index (χ4n) is 1.45. The van der Waals surface area contributed by atoms with Gasteiger partial charge in [-0.05, 0) is 17.9 Å². The van der Waals surface area contributed by atoms with Gasteiger partial charge in [-0.2, -0.15) is 21.6 Å². The Hall–Kier alpha value is -1.72. The van der Waals surface area contributed by atoms with Crippen LogP contribution in [-0.2, 0) is 15.6 Å². The quantitative estimate of drug-likeness (QED) is 0.757. The maximum absolute atomic E-state index is 11.7. The molecule has 6 nitrogen and oxygen atoms in total. The summed E-state index contributed by atoms with van der Waals surface area (Å²) in [5.74, 6) is 0.147. The molecule has 0 amide bonds. The van der Waals surface area contributed by atoms with E-state index in [-0.39, 0.29) is 23.8 Å². The summed E-state index contributed by atoms with van der Waals surface area (Å²) >= 11 is 1.50. The molecule has 2 aromatic heterocycles. The zero-order chi connectivity index (χ0) is 13.7. The number of thiophene rings is 1. The third-order valence-corrected chi connectivity index (χ3v) is 4.62. The van der Waals surface area contributed by atoms with E-state index in [0.29, 0.717) is 12.2 Å². The highest BCUT2D eigenvalue weighted by Gasteiger charge is 2.17. The van der Waals surface area contributed by atoms with E-state index in [1.165, 1.54) is 11.3 Å². The molecule has 0 aliphatic carbocycles. The Kier molecular flexibility index (Phi) is 4.29. The molecule has 0 radical (unpaired) electrons. The molecule has 2 aromatic rings. The number of aromatic nitrogens is 2. The van der Waals surface area contributed by atoms with Crippen LogP contribution < -0.4 is 0 Å². The Balaban J connectivity index is 2.02. The van der Waals surface area contributed by atoms with Crippen LogP contribution in [0.4, 0.5) is 0 Å². The molecule has 2 rings (SSSR count). The van der Waals surface area contributed by atoms with Crippen molar-refractivity contribution in [2.45, 2.75) is 18.6 Å². The third-order valence-electron chi connectivity index (χ3n) is 2.33. The highest BCUT2D eigenvalue weighted by molar-refractivity contribution is 7.90. The van der Waals surface area contributed by atoms with Crippen LogP contribution in [0, 0.1) is 11.3 Å². The zero-order valence-corrected chi connectivity index (χ0v) is 11.6. The molecule has 0 atom stereocenters. The first-order valence-corrected chi connectivity index (χ1v) is 8.30. The molecule has 0 saturated heterocycles. The lowest BCUT2D eigenvalue weighted by atomic mass is 10.3. The van der Waals surface area contributed by atoms with E-state index >= 15 is 0 Å². The summed E-state index contributed by atoms with van der Waals surface area (Å²) in [6.07, 6.45) is 0.549. The van der Waals surface area contributed by atoms with Gasteiger partial charge in [0.2, 0.25) is 11.7 Å². The SMILES string of the molecule is N#CCCCS(=O)(=O)Cc1nc(-c2ccsc2)no1. The summed E-state index contributed by atoms with van der Waals surface area (Å²) in [6.45, 7) is 0. The van der Waals surface area contributed by atoms with Gasteiger partial charge in [-0.3, -0.25) is 0 Å². The molecule has 0 fully saturated rings. The average molecular weight is 297 g/mol. The lowest BCUT2D eigenvalue weighted by molar-refractivity contribution is 0.389. The van der Waals surface area contributed by atoms with Gasteiger partial charge in [0.25, 0.3) is 0 Å². The Morgan fingerprint density at radius 3 is 3.00 bits per heavy atom. The molecule has 0 aliphatic rings. The van der Waals surface area contributed by atoms with Crippen molar-refractivity contribution in [2.24, 2.45) is 0 Å². The van der Waals surface area contributed by atoms with Crippen molar-refractivity contribution >= 4 is 21.2 Å². The van der Waals surface area contributed by atoms with Gasteiger partial charge in [-0.25, -0.2) is 8.42 Å². The zero-order valence-electron chi connectivity index (χ0n) is 9.94. The topological polar surface area (TPSA) is 96.8 Å². The average Bonchev–Trinajstić information content (AvgIpc) is 2.98. The largest absolute Gasteiger partial charge is 0.338 e. The fourth-order valence-corrected chi connectivity index (χ4v) is 3.31. The molecule has 100 valence electrons. The van der Waals surface area contributed by atoms with Crippen LogP contribution in [-0.4, -0.2) is 24.3 Å². The lowest BCUT2D eigenvalue weighted by Gasteiger charge is -1.97. The molecular weight excluding hydrogens is 286 g/mol. The third kappa shape index (κ3) is 3.87. The molecule has 0 unspecified atom stereocenters. The Bertz CT molecular complexity index is 668. The van der Waals surface area contributed by atoms with E-state index in [9.17, 15) is 8.42 Å². The van der Waals surface area contributed by atoms with Gasteiger partial charge in [-0.1, -0.05) is 5.16 Å². The van der Waals surface area contributed by atoms with E-state index in [1.807, 2.05) is 22.9 Å². The molecule has 8 heteroatoms. The van der Waals surface area contributed by atoms with Gasteiger partial charge in [0, 0.05) is 17.4 Å². The van der Waals surface area contributed by atoms with E-state index in [0.717, 1.165) is 5.56 Å². The summed E-state index contributed by atoms with van der Waals surface area (Å²) in [4.78, 5) is 4.05. The Labute approximate surface area is 114 Å². The van der Waals surface area contributed by atoms with Gasteiger partial charge in [0.1, 0.15) is 5.75 Å². The van der Waals surface area contributed by atoms with E-state index in [4.69, 9.17) is 9.78 Å². The molecule has 0 bridgehead atoms. The van der Waals surface area contributed by atoms with Crippen molar-refractivity contribution < 1.29 is 12.9 Å². The first-order chi connectivity index (χ1) is 9.11.